The molecule has 118 valence electrons. The number of amides is 1. The molecule has 4 heteroatoms. The van der Waals surface area contributed by atoms with Crippen LogP contribution in [-0.2, 0) is 11.2 Å². The highest BCUT2D eigenvalue weighted by Crippen LogP contribution is 2.44. The molecular formula is C18H22FNO2. The highest BCUT2D eigenvalue weighted by atomic mass is 19.1. The summed E-state index contributed by atoms with van der Waals surface area (Å²) in [6.07, 6.45) is 5.65. The number of carbonyl (C=O) groups is 1. The predicted molar refractivity (Wildman–Crippen MR) is 83.4 cm³/mol. The third-order valence-corrected chi connectivity index (χ3v) is 4.73. The number of carbonyl (C=O) groups excluding carboxylic acids is 1. The highest BCUT2D eigenvalue weighted by Gasteiger charge is 2.51. The standard InChI is InChI=1S/C18H22FNO2/c1-4-5-15(21)17-18(12(2)3,11-16(22)20-17)10-13-6-8-14(19)9-7-13/h1,6-9,12,15,17,21H,5,10-11H2,2-3H3,(H,20,22). The number of hydrogen-bond acceptors (Lipinski definition) is 2. The van der Waals surface area contributed by atoms with Crippen molar-refractivity contribution in [3.8, 4) is 12.3 Å². The zero-order valence-electron chi connectivity index (χ0n) is 13.0. The van der Waals surface area contributed by atoms with E-state index in [1.165, 1.54) is 12.1 Å². The van der Waals surface area contributed by atoms with E-state index in [9.17, 15) is 14.3 Å². The van der Waals surface area contributed by atoms with E-state index in [0.29, 0.717) is 12.8 Å². The van der Waals surface area contributed by atoms with Crippen LogP contribution in [0.1, 0.15) is 32.3 Å². The molecule has 1 aromatic carbocycles. The van der Waals surface area contributed by atoms with Gasteiger partial charge in [-0.2, -0.15) is 0 Å². The number of benzene rings is 1. The summed E-state index contributed by atoms with van der Waals surface area (Å²) >= 11 is 0. The van der Waals surface area contributed by atoms with Crippen molar-refractivity contribution in [1.82, 2.24) is 5.32 Å². The molecule has 1 aliphatic heterocycles. The van der Waals surface area contributed by atoms with Crippen molar-refractivity contribution in [2.75, 3.05) is 0 Å². The Bertz CT molecular complexity index is 576. The number of aliphatic hydroxyl groups excluding tert-OH is 1. The summed E-state index contributed by atoms with van der Waals surface area (Å²) in [6, 6.07) is 5.90. The monoisotopic (exact) mass is 303 g/mol. The molecule has 2 N–H and O–H groups in total. The van der Waals surface area contributed by atoms with Crippen LogP contribution in [-0.4, -0.2) is 23.2 Å². The largest absolute Gasteiger partial charge is 0.390 e. The Balaban J connectivity index is 2.34. The first-order valence-electron chi connectivity index (χ1n) is 7.54. The molecule has 1 amide bonds. The number of hydrogen-bond donors (Lipinski definition) is 2. The molecule has 3 unspecified atom stereocenters. The van der Waals surface area contributed by atoms with Crippen molar-refractivity contribution >= 4 is 5.91 Å². The molecule has 22 heavy (non-hydrogen) atoms. The molecule has 0 aliphatic carbocycles. The van der Waals surface area contributed by atoms with Gasteiger partial charge in [0.2, 0.25) is 5.91 Å². The minimum atomic E-state index is -0.778. The van der Waals surface area contributed by atoms with Crippen LogP contribution in [0.25, 0.3) is 0 Å². The summed E-state index contributed by atoms with van der Waals surface area (Å²) < 4.78 is 13.1. The third kappa shape index (κ3) is 3.15. The van der Waals surface area contributed by atoms with E-state index < -0.39 is 11.5 Å². The molecule has 1 heterocycles. The number of nitrogens with one attached hydrogen (secondary N) is 1. The maximum atomic E-state index is 13.1. The summed E-state index contributed by atoms with van der Waals surface area (Å²) in [4.78, 5) is 12.0. The summed E-state index contributed by atoms with van der Waals surface area (Å²) in [7, 11) is 0. The Labute approximate surface area is 130 Å². The number of rotatable bonds is 5. The third-order valence-electron chi connectivity index (χ3n) is 4.73. The van der Waals surface area contributed by atoms with Gasteiger partial charge in [0.05, 0.1) is 12.1 Å². The number of aliphatic hydroxyl groups is 1. The molecule has 3 atom stereocenters. The van der Waals surface area contributed by atoms with Gasteiger partial charge in [-0.15, -0.1) is 12.3 Å². The first-order valence-corrected chi connectivity index (χ1v) is 7.54. The summed E-state index contributed by atoms with van der Waals surface area (Å²) in [5, 5.41) is 13.2. The Kier molecular flexibility index (Phi) is 4.87. The summed E-state index contributed by atoms with van der Waals surface area (Å²) in [6.45, 7) is 4.08. The molecule has 1 fully saturated rings. The smallest absolute Gasteiger partial charge is 0.220 e. The SMILES string of the molecule is C#CCC(O)C1NC(=O)CC1(Cc1ccc(F)cc1)C(C)C. The fourth-order valence-corrected chi connectivity index (χ4v) is 3.42. The maximum Gasteiger partial charge on any atom is 0.220 e. The predicted octanol–water partition coefficient (Wildman–Crippen LogP) is 2.28. The molecule has 0 bridgehead atoms. The minimum absolute atomic E-state index is 0.0723. The Morgan fingerprint density at radius 1 is 1.45 bits per heavy atom. The molecular weight excluding hydrogens is 281 g/mol. The van der Waals surface area contributed by atoms with Crippen LogP contribution < -0.4 is 5.32 Å². The molecule has 0 spiro atoms. The fourth-order valence-electron chi connectivity index (χ4n) is 3.42. The second-order valence-corrected chi connectivity index (χ2v) is 6.39. The van der Waals surface area contributed by atoms with Gasteiger partial charge in [-0.3, -0.25) is 4.79 Å². The van der Waals surface area contributed by atoms with E-state index in [1.54, 1.807) is 12.1 Å². The van der Waals surface area contributed by atoms with Gasteiger partial charge in [-0.05, 0) is 30.0 Å². The minimum Gasteiger partial charge on any atom is -0.390 e. The van der Waals surface area contributed by atoms with Crippen molar-refractivity contribution < 1.29 is 14.3 Å². The molecule has 0 aromatic heterocycles. The van der Waals surface area contributed by atoms with Crippen LogP contribution in [0.15, 0.2) is 24.3 Å². The second-order valence-electron chi connectivity index (χ2n) is 6.39. The van der Waals surface area contributed by atoms with Crippen LogP contribution in [0.3, 0.4) is 0 Å². The lowest BCUT2D eigenvalue weighted by atomic mass is 9.66. The normalized spacial score (nSPS) is 25.8. The fraction of sp³-hybridized carbons (Fsp3) is 0.500. The van der Waals surface area contributed by atoms with Gasteiger partial charge in [0.15, 0.2) is 0 Å². The van der Waals surface area contributed by atoms with Crippen LogP contribution in [0.5, 0.6) is 0 Å². The average molecular weight is 303 g/mol. The number of terminal acetylenes is 1. The Morgan fingerprint density at radius 2 is 2.09 bits per heavy atom. The zero-order valence-corrected chi connectivity index (χ0v) is 13.0. The van der Waals surface area contributed by atoms with Gasteiger partial charge in [0.25, 0.3) is 0 Å². The quantitative estimate of drug-likeness (QED) is 0.820. The Hall–Kier alpha value is -1.86. The van der Waals surface area contributed by atoms with Crippen molar-refractivity contribution in [3.63, 3.8) is 0 Å². The zero-order chi connectivity index (χ0) is 16.3. The van der Waals surface area contributed by atoms with Gasteiger partial charge in [-0.1, -0.05) is 26.0 Å². The van der Waals surface area contributed by atoms with E-state index in [1.807, 2.05) is 13.8 Å². The van der Waals surface area contributed by atoms with Crippen molar-refractivity contribution in [3.05, 3.63) is 35.6 Å². The van der Waals surface area contributed by atoms with E-state index in [2.05, 4.69) is 11.2 Å². The molecule has 2 rings (SSSR count). The van der Waals surface area contributed by atoms with Crippen molar-refractivity contribution in [2.24, 2.45) is 11.3 Å². The van der Waals surface area contributed by atoms with Gasteiger partial charge in [0, 0.05) is 18.3 Å². The molecule has 1 aliphatic rings. The van der Waals surface area contributed by atoms with E-state index in [-0.39, 0.29) is 30.1 Å². The average Bonchev–Trinajstić information content (AvgIpc) is 2.80. The number of halogens is 1. The summed E-state index contributed by atoms with van der Waals surface area (Å²) in [5.41, 5.74) is 0.523. The lowest BCUT2D eigenvalue weighted by Crippen LogP contribution is -2.49. The van der Waals surface area contributed by atoms with Crippen LogP contribution >= 0.6 is 0 Å². The van der Waals surface area contributed by atoms with Crippen molar-refractivity contribution in [1.29, 1.82) is 0 Å². The van der Waals surface area contributed by atoms with E-state index >= 15 is 0 Å². The topological polar surface area (TPSA) is 49.3 Å². The van der Waals surface area contributed by atoms with Crippen LogP contribution in [0, 0.1) is 29.5 Å². The maximum absolute atomic E-state index is 13.1. The lowest BCUT2D eigenvalue weighted by molar-refractivity contribution is -0.120. The van der Waals surface area contributed by atoms with Gasteiger partial charge in [0.1, 0.15) is 5.82 Å². The van der Waals surface area contributed by atoms with E-state index in [0.717, 1.165) is 5.56 Å². The molecule has 0 saturated carbocycles. The Morgan fingerprint density at radius 3 is 2.64 bits per heavy atom. The highest BCUT2D eigenvalue weighted by molar-refractivity contribution is 5.80. The molecule has 1 saturated heterocycles. The molecule has 3 nitrogen and oxygen atoms in total. The van der Waals surface area contributed by atoms with Gasteiger partial charge >= 0.3 is 0 Å². The van der Waals surface area contributed by atoms with E-state index in [4.69, 9.17) is 6.42 Å². The molecule has 1 aromatic rings. The lowest BCUT2D eigenvalue weighted by Gasteiger charge is -2.40. The molecule has 0 radical (unpaired) electrons. The van der Waals surface area contributed by atoms with Crippen LogP contribution in [0.4, 0.5) is 4.39 Å². The van der Waals surface area contributed by atoms with Crippen LogP contribution in [0.2, 0.25) is 0 Å². The first kappa shape index (κ1) is 16.5. The van der Waals surface area contributed by atoms with Gasteiger partial charge < -0.3 is 10.4 Å². The first-order chi connectivity index (χ1) is 10.4. The van der Waals surface area contributed by atoms with Crippen molar-refractivity contribution in [2.45, 2.75) is 45.3 Å². The van der Waals surface area contributed by atoms with Gasteiger partial charge in [-0.25, -0.2) is 4.39 Å². The summed E-state index contributed by atoms with van der Waals surface area (Å²) in [5.74, 6) is 2.26. The second kappa shape index (κ2) is 6.50.